The summed E-state index contributed by atoms with van der Waals surface area (Å²) in [5, 5.41) is 0. The van der Waals surface area contributed by atoms with Crippen molar-refractivity contribution in [2.45, 2.75) is 78.4 Å². The zero-order chi connectivity index (χ0) is 15.1. The molecule has 20 heavy (non-hydrogen) atoms. The second-order valence-electron chi connectivity index (χ2n) is 7.05. The maximum Gasteiger partial charge on any atom is 0.0196 e. The molecule has 0 bridgehead atoms. The molecule has 0 radical (unpaired) electrons. The maximum absolute atomic E-state index is 6.22. The number of nitrogens with two attached hydrogens (primary N) is 1. The van der Waals surface area contributed by atoms with E-state index in [-0.39, 0.29) is 0 Å². The summed E-state index contributed by atoms with van der Waals surface area (Å²) in [7, 11) is 0. The first-order valence-electron chi connectivity index (χ1n) is 8.71. The first-order chi connectivity index (χ1) is 9.47. The summed E-state index contributed by atoms with van der Waals surface area (Å²) in [6.07, 6.45) is 4.99. The van der Waals surface area contributed by atoms with Crippen LogP contribution in [0.4, 0.5) is 0 Å². The first-order valence-corrected chi connectivity index (χ1v) is 8.71. The van der Waals surface area contributed by atoms with Crippen LogP contribution in [0.25, 0.3) is 0 Å². The molecule has 1 aliphatic rings. The number of hydrogen-bond donors (Lipinski definition) is 1. The highest BCUT2D eigenvalue weighted by molar-refractivity contribution is 4.86. The lowest BCUT2D eigenvalue weighted by Gasteiger charge is -2.45. The maximum atomic E-state index is 6.22. The third kappa shape index (κ3) is 5.71. The Kier molecular flexibility index (Phi) is 8.08. The minimum Gasteiger partial charge on any atom is -0.327 e. The fourth-order valence-corrected chi connectivity index (χ4v) is 3.53. The topological polar surface area (TPSA) is 32.5 Å². The van der Waals surface area contributed by atoms with Crippen LogP contribution >= 0.6 is 0 Å². The number of nitrogens with zero attached hydrogens (tertiary/aromatic N) is 2. The molecule has 0 aromatic rings. The molecule has 3 heteroatoms. The van der Waals surface area contributed by atoms with Crippen molar-refractivity contribution in [3.05, 3.63) is 0 Å². The molecule has 4 atom stereocenters. The Morgan fingerprint density at radius 3 is 1.95 bits per heavy atom. The number of rotatable bonds is 8. The summed E-state index contributed by atoms with van der Waals surface area (Å²) in [4.78, 5) is 5.29. The van der Waals surface area contributed by atoms with Gasteiger partial charge in [0.15, 0.2) is 0 Å². The fourth-order valence-electron chi connectivity index (χ4n) is 3.53. The highest BCUT2D eigenvalue weighted by atomic mass is 15.3. The summed E-state index contributed by atoms with van der Waals surface area (Å²) in [6.45, 7) is 16.3. The third-order valence-corrected chi connectivity index (χ3v) is 4.70. The molecule has 0 aromatic heterocycles. The predicted molar refractivity (Wildman–Crippen MR) is 89.0 cm³/mol. The van der Waals surface area contributed by atoms with Gasteiger partial charge in [0.2, 0.25) is 0 Å². The van der Waals surface area contributed by atoms with Crippen LogP contribution < -0.4 is 5.73 Å². The van der Waals surface area contributed by atoms with Crippen molar-refractivity contribution in [2.24, 2.45) is 11.7 Å². The SMILES string of the molecule is CCCC(C)CN1CC(C)N(CC(N)CCC)CC1C. The zero-order valence-electron chi connectivity index (χ0n) is 14.4. The van der Waals surface area contributed by atoms with Crippen molar-refractivity contribution in [1.82, 2.24) is 9.80 Å². The van der Waals surface area contributed by atoms with Gasteiger partial charge >= 0.3 is 0 Å². The highest BCUT2D eigenvalue weighted by Crippen LogP contribution is 2.18. The molecule has 0 saturated carbocycles. The van der Waals surface area contributed by atoms with Gasteiger partial charge in [0.25, 0.3) is 0 Å². The Morgan fingerprint density at radius 1 is 0.950 bits per heavy atom. The van der Waals surface area contributed by atoms with Crippen LogP contribution in [-0.4, -0.2) is 54.1 Å². The van der Waals surface area contributed by atoms with Gasteiger partial charge in [0.1, 0.15) is 0 Å². The van der Waals surface area contributed by atoms with E-state index in [0.717, 1.165) is 18.9 Å². The molecular formula is C17H37N3. The van der Waals surface area contributed by atoms with Gasteiger partial charge in [-0.25, -0.2) is 0 Å². The second kappa shape index (κ2) is 9.01. The molecule has 0 spiro atoms. The quantitative estimate of drug-likeness (QED) is 0.743. The molecule has 1 rings (SSSR count). The van der Waals surface area contributed by atoms with Crippen molar-refractivity contribution >= 4 is 0 Å². The smallest absolute Gasteiger partial charge is 0.0196 e. The Morgan fingerprint density at radius 2 is 1.45 bits per heavy atom. The van der Waals surface area contributed by atoms with Crippen LogP contribution in [0.3, 0.4) is 0 Å². The van der Waals surface area contributed by atoms with Gasteiger partial charge in [-0.15, -0.1) is 0 Å². The monoisotopic (exact) mass is 283 g/mol. The first kappa shape index (κ1) is 17.9. The van der Waals surface area contributed by atoms with Crippen LogP contribution in [0.2, 0.25) is 0 Å². The molecule has 0 aromatic carbocycles. The second-order valence-corrected chi connectivity index (χ2v) is 7.05. The normalized spacial score (nSPS) is 28.5. The minimum atomic E-state index is 0.347. The minimum absolute atomic E-state index is 0.347. The Hall–Kier alpha value is -0.120. The van der Waals surface area contributed by atoms with Gasteiger partial charge in [-0.1, -0.05) is 33.6 Å². The van der Waals surface area contributed by atoms with Crippen LogP contribution in [0.5, 0.6) is 0 Å². The van der Waals surface area contributed by atoms with Crippen molar-refractivity contribution < 1.29 is 0 Å². The van der Waals surface area contributed by atoms with E-state index in [0.29, 0.717) is 18.1 Å². The molecular weight excluding hydrogens is 246 g/mol. The van der Waals surface area contributed by atoms with Crippen molar-refractivity contribution in [2.75, 3.05) is 26.2 Å². The van der Waals surface area contributed by atoms with Crippen LogP contribution in [0.1, 0.15) is 60.3 Å². The van der Waals surface area contributed by atoms with Gasteiger partial charge in [-0.05, 0) is 32.6 Å². The molecule has 1 saturated heterocycles. The Labute approximate surface area is 126 Å². The fraction of sp³-hybridized carbons (Fsp3) is 1.00. The molecule has 1 fully saturated rings. The van der Waals surface area contributed by atoms with Gasteiger partial charge in [-0.2, -0.15) is 0 Å². The van der Waals surface area contributed by atoms with Crippen molar-refractivity contribution in [1.29, 1.82) is 0 Å². The average molecular weight is 284 g/mol. The third-order valence-electron chi connectivity index (χ3n) is 4.70. The molecule has 0 amide bonds. The molecule has 120 valence electrons. The molecule has 0 aliphatic carbocycles. The molecule has 3 nitrogen and oxygen atoms in total. The van der Waals surface area contributed by atoms with Crippen molar-refractivity contribution in [3.8, 4) is 0 Å². The average Bonchev–Trinajstić information content (AvgIpc) is 2.36. The van der Waals surface area contributed by atoms with E-state index in [9.17, 15) is 0 Å². The summed E-state index contributed by atoms with van der Waals surface area (Å²) in [6, 6.07) is 1.66. The van der Waals surface area contributed by atoms with E-state index in [1.165, 1.54) is 38.9 Å². The van der Waals surface area contributed by atoms with Gasteiger partial charge in [-0.3, -0.25) is 9.80 Å². The van der Waals surface area contributed by atoms with Gasteiger partial charge < -0.3 is 5.73 Å². The summed E-state index contributed by atoms with van der Waals surface area (Å²) in [5.74, 6) is 0.823. The molecule has 4 unspecified atom stereocenters. The summed E-state index contributed by atoms with van der Waals surface area (Å²) in [5.41, 5.74) is 6.22. The van der Waals surface area contributed by atoms with Gasteiger partial charge in [0, 0.05) is 44.3 Å². The van der Waals surface area contributed by atoms with Crippen LogP contribution in [0, 0.1) is 5.92 Å². The lowest BCUT2D eigenvalue weighted by molar-refractivity contribution is 0.0300. The van der Waals surface area contributed by atoms with E-state index in [1.54, 1.807) is 0 Å². The van der Waals surface area contributed by atoms with E-state index >= 15 is 0 Å². The summed E-state index contributed by atoms with van der Waals surface area (Å²) >= 11 is 0. The molecule has 2 N–H and O–H groups in total. The largest absolute Gasteiger partial charge is 0.327 e. The predicted octanol–water partition coefficient (Wildman–Crippen LogP) is 2.94. The number of hydrogen-bond acceptors (Lipinski definition) is 3. The van der Waals surface area contributed by atoms with Crippen molar-refractivity contribution in [3.63, 3.8) is 0 Å². The highest BCUT2D eigenvalue weighted by Gasteiger charge is 2.30. The van der Waals surface area contributed by atoms with Gasteiger partial charge in [0.05, 0.1) is 0 Å². The standard InChI is InChI=1S/C17H37N3/c1-6-8-14(3)10-19-11-16(5)20(12-15(19)4)13-17(18)9-7-2/h14-17H,6-13,18H2,1-5H3. The van der Waals surface area contributed by atoms with E-state index < -0.39 is 0 Å². The lowest BCUT2D eigenvalue weighted by Crippen LogP contribution is -2.58. The van der Waals surface area contributed by atoms with Crippen LogP contribution in [0.15, 0.2) is 0 Å². The van der Waals surface area contributed by atoms with E-state index in [2.05, 4.69) is 44.4 Å². The summed E-state index contributed by atoms with van der Waals surface area (Å²) < 4.78 is 0. The van der Waals surface area contributed by atoms with Crippen LogP contribution in [-0.2, 0) is 0 Å². The molecule has 1 aliphatic heterocycles. The lowest BCUT2D eigenvalue weighted by atomic mass is 10.0. The number of piperazine rings is 1. The zero-order valence-corrected chi connectivity index (χ0v) is 14.4. The van der Waals surface area contributed by atoms with E-state index in [4.69, 9.17) is 5.73 Å². The molecule has 1 heterocycles. The van der Waals surface area contributed by atoms with E-state index in [1.807, 2.05) is 0 Å². The Balaban J connectivity index is 2.44. The Bertz CT molecular complexity index is 231.